The Morgan fingerprint density at radius 1 is 1.09 bits per heavy atom. The van der Waals surface area contributed by atoms with Crippen LogP contribution in [0.1, 0.15) is 11.1 Å². The van der Waals surface area contributed by atoms with Gasteiger partial charge in [0.2, 0.25) is 0 Å². The predicted molar refractivity (Wildman–Crippen MR) is 85.3 cm³/mol. The summed E-state index contributed by atoms with van der Waals surface area (Å²) in [5.41, 5.74) is 2.20. The minimum atomic E-state index is -4.10. The summed E-state index contributed by atoms with van der Waals surface area (Å²) in [5.74, 6) is 0.0503. The molecule has 3 rings (SSSR count). The van der Waals surface area contributed by atoms with Crippen molar-refractivity contribution < 1.29 is 12.6 Å². The largest absolute Gasteiger partial charge is 0.380 e. The quantitative estimate of drug-likeness (QED) is 0.704. The zero-order valence-electron chi connectivity index (χ0n) is 12.0. The second-order valence-corrected chi connectivity index (χ2v) is 6.39. The number of nitrogens with two attached hydrogens (primary N) is 1. The molecule has 7 heteroatoms. The minimum Gasteiger partial charge on any atom is -0.371 e. The third-order valence-corrected chi connectivity index (χ3v) is 3.87. The van der Waals surface area contributed by atoms with Gasteiger partial charge in [-0.2, -0.15) is 13.6 Å². The molecule has 0 aliphatic carbocycles. The van der Waals surface area contributed by atoms with E-state index < -0.39 is 10.3 Å². The van der Waals surface area contributed by atoms with Gasteiger partial charge in [0, 0.05) is 11.5 Å². The van der Waals surface area contributed by atoms with Crippen LogP contribution < -0.4 is 14.9 Å². The first-order valence-electron chi connectivity index (χ1n) is 6.54. The number of fused-ring (bicyclic) bond motifs is 3. The lowest BCUT2D eigenvalue weighted by molar-refractivity contribution is 0.488. The first-order valence-corrected chi connectivity index (χ1v) is 8.01. The van der Waals surface area contributed by atoms with Crippen LogP contribution in [0.15, 0.2) is 35.1 Å². The molecule has 0 fully saturated rings. The van der Waals surface area contributed by atoms with Gasteiger partial charge in [-0.3, -0.25) is 4.79 Å². The molecule has 22 heavy (non-hydrogen) atoms. The van der Waals surface area contributed by atoms with Crippen LogP contribution in [-0.4, -0.2) is 13.4 Å². The summed E-state index contributed by atoms with van der Waals surface area (Å²) in [6, 6.07) is 8.52. The summed E-state index contributed by atoms with van der Waals surface area (Å²) in [6.07, 6.45) is 0. The van der Waals surface area contributed by atoms with Crippen molar-refractivity contribution in [1.82, 2.24) is 4.98 Å². The van der Waals surface area contributed by atoms with Gasteiger partial charge >= 0.3 is 10.3 Å². The van der Waals surface area contributed by atoms with Gasteiger partial charge in [-0.25, -0.2) is 0 Å². The predicted octanol–water partition coefficient (Wildman–Crippen LogP) is 1.88. The van der Waals surface area contributed by atoms with E-state index in [1.165, 1.54) is 12.1 Å². The topological polar surface area (TPSA) is 102 Å². The summed E-state index contributed by atoms with van der Waals surface area (Å²) < 4.78 is 26.6. The van der Waals surface area contributed by atoms with Gasteiger partial charge in [0.15, 0.2) is 0 Å². The van der Waals surface area contributed by atoms with Gasteiger partial charge in [-0.05, 0) is 36.9 Å². The number of nitrogens with one attached hydrogen (secondary N) is 1. The van der Waals surface area contributed by atoms with Gasteiger partial charge in [0.05, 0.1) is 10.9 Å². The molecule has 1 heterocycles. The first kappa shape index (κ1) is 14.6. The van der Waals surface area contributed by atoms with Crippen LogP contribution in [0.5, 0.6) is 5.75 Å². The highest BCUT2D eigenvalue weighted by atomic mass is 32.2. The average Bonchev–Trinajstić information content (AvgIpc) is 2.35. The molecular formula is C15H14N2O4S. The van der Waals surface area contributed by atoms with Crippen molar-refractivity contribution in [3.63, 3.8) is 0 Å². The van der Waals surface area contributed by atoms with E-state index in [1.54, 1.807) is 6.07 Å². The van der Waals surface area contributed by atoms with Gasteiger partial charge < -0.3 is 9.17 Å². The SMILES string of the molecule is Cc1cc(C)c2c(=O)[nH]c3cc(OS(N)(=O)=O)ccc3c2c1. The van der Waals surface area contributed by atoms with Crippen molar-refractivity contribution in [2.45, 2.75) is 13.8 Å². The number of hydrogen-bond donors (Lipinski definition) is 2. The molecular weight excluding hydrogens is 304 g/mol. The Kier molecular flexibility index (Phi) is 3.19. The van der Waals surface area contributed by atoms with E-state index in [2.05, 4.69) is 9.17 Å². The molecule has 0 aliphatic rings. The molecule has 114 valence electrons. The molecule has 3 aromatic rings. The number of pyridine rings is 1. The van der Waals surface area contributed by atoms with E-state index in [0.717, 1.165) is 21.9 Å². The van der Waals surface area contributed by atoms with E-state index in [1.807, 2.05) is 26.0 Å². The van der Waals surface area contributed by atoms with Crippen LogP contribution in [0.4, 0.5) is 0 Å². The van der Waals surface area contributed by atoms with Crippen molar-refractivity contribution in [2.24, 2.45) is 5.14 Å². The van der Waals surface area contributed by atoms with Crippen LogP contribution in [0.2, 0.25) is 0 Å². The van der Waals surface area contributed by atoms with E-state index >= 15 is 0 Å². The van der Waals surface area contributed by atoms with Crippen molar-refractivity contribution in [2.75, 3.05) is 0 Å². The molecule has 6 nitrogen and oxygen atoms in total. The summed E-state index contributed by atoms with van der Waals surface area (Å²) in [5, 5.41) is 7.10. The standard InChI is InChI=1S/C15H14N2O4S/c1-8-5-9(2)14-12(6-8)11-4-3-10(21-22(16,19)20)7-13(11)17-15(14)18/h3-7H,1-2H3,(H,17,18)(H2,16,19,20). The number of H-pyrrole nitrogens is 1. The second kappa shape index (κ2) is 4.82. The van der Waals surface area contributed by atoms with Gasteiger partial charge in [0.25, 0.3) is 5.56 Å². The smallest absolute Gasteiger partial charge is 0.371 e. The Morgan fingerprint density at radius 3 is 2.50 bits per heavy atom. The molecule has 0 amide bonds. The molecule has 0 radical (unpaired) electrons. The van der Waals surface area contributed by atoms with Gasteiger partial charge in [-0.15, -0.1) is 0 Å². The van der Waals surface area contributed by atoms with E-state index in [9.17, 15) is 13.2 Å². The maximum Gasteiger partial charge on any atom is 0.380 e. The highest BCUT2D eigenvalue weighted by molar-refractivity contribution is 7.84. The third-order valence-electron chi connectivity index (χ3n) is 3.45. The number of benzene rings is 2. The monoisotopic (exact) mass is 318 g/mol. The minimum absolute atomic E-state index is 0.0503. The van der Waals surface area contributed by atoms with Crippen LogP contribution >= 0.6 is 0 Å². The number of hydrogen-bond acceptors (Lipinski definition) is 4. The average molecular weight is 318 g/mol. The molecule has 1 aromatic heterocycles. The second-order valence-electron chi connectivity index (χ2n) is 5.24. The molecule has 0 bridgehead atoms. The Balaban J connectivity index is 2.37. The summed E-state index contributed by atoms with van der Waals surface area (Å²) in [6.45, 7) is 3.84. The third kappa shape index (κ3) is 2.56. The Bertz CT molecular complexity index is 1070. The zero-order valence-corrected chi connectivity index (χ0v) is 12.8. The highest BCUT2D eigenvalue weighted by Crippen LogP contribution is 2.27. The van der Waals surface area contributed by atoms with Crippen LogP contribution in [0, 0.1) is 13.8 Å². The van der Waals surface area contributed by atoms with Crippen molar-refractivity contribution in [3.05, 3.63) is 51.8 Å². The molecule has 0 spiro atoms. The van der Waals surface area contributed by atoms with E-state index in [0.29, 0.717) is 10.9 Å². The lowest BCUT2D eigenvalue weighted by Crippen LogP contribution is -2.19. The number of aromatic amines is 1. The molecule has 0 unspecified atom stereocenters. The Hall–Kier alpha value is -2.38. The number of aromatic nitrogens is 1. The lowest BCUT2D eigenvalue weighted by atomic mass is 10.00. The van der Waals surface area contributed by atoms with E-state index in [4.69, 9.17) is 5.14 Å². The Morgan fingerprint density at radius 2 is 1.82 bits per heavy atom. The lowest BCUT2D eigenvalue weighted by Gasteiger charge is -2.09. The molecule has 0 aliphatic heterocycles. The molecule has 0 saturated heterocycles. The van der Waals surface area contributed by atoms with Gasteiger partial charge in [0.1, 0.15) is 5.75 Å². The fourth-order valence-electron chi connectivity index (χ4n) is 2.71. The zero-order chi connectivity index (χ0) is 16.1. The van der Waals surface area contributed by atoms with Crippen molar-refractivity contribution in [1.29, 1.82) is 0 Å². The molecule has 2 aromatic carbocycles. The maximum absolute atomic E-state index is 12.3. The number of rotatable bonds is 2. The van der Waals surface area contributed by atoms with Crippen molar-refractivity contribution in [3.8, 4) is 5.75 Å². The summed E-state index contributed by atoms with van der Waals surface area (Å²) in [7, 11) is -4.10. The van der Waals surface area contributed by atoms with Gasteiger partial charge in [-0.1, -0.05) is 17.7 Å². The molecule has 3 N–H and O–H groups in total. The van der Waals surface area contributed by atoms with Crippen molar-refractivity contribution >= 4 is 32.0 Å². The molecule has 0 atom stereocenters. The fraction of sp³-hybridized carbons (Fsp3) is 0.133. The maximum atomic E-state index is 12.3. The van der Waals surface area contributed by atoms with Crippen LogP contribution in [0.25, 0.3) is 21.7 Å². The molecule has 0 saturated carbocycles. The van der Waals surface area contributed by atoms with Crippen LogP contribution in [0.3, 0.4) is 0 Å². The van der Waals surface area contributed by atoms with Crippen LogP contribution in [-0.2, 0) is 10.3 Å². The summed E-state index contributed by atoms with van der Waals surface area (Å²) in [4.78, 5) is 15.0. The van der Waals surface area contributed by atoms with E-state index in [-0.39, 0.29) is 11.3 Å². The highest BCUT2D eigenvalue weighted by Gasteiger charge is 2.11. The Labute approximate surface area is 126 Å². The fourth-order valence-corrected chi connectivity index (χ4v) is 3.09. The summed E-state index contributed by atoms with van der Waals surface area (Å²) >= 11 is 0. The first-order chi connectivity index (χ1) is 10.2. The number of aryl methyl sites for hydroxylation is 2. The normalized spacial score (nSPS) is 12.0.